The number of anilines is 1. The van der Waals surface area contributed by atoms with Gasteiger partial charge in [-0.2, -0.15) is 0 Å². The first kappa shape index (κ1) is 20.9. The van der Waals surface area contributed by atoms with Gasteiger partial charge in [0.2, 0.25) is 0 Å². The second kappa shape index (κ2) is 8.65. The molecule has 1 aliphatic rings. The van der Waals surface area contributed by atoms with E-state index in [-0.39, 0.29) is 17.5 Å². The molecule has 0 bridgehead atoms. The highest BCUT2D eigenvalue weighted by Crippen LogP contribution is 2.29. The Hall–Kier alpha value is -2.87. The van der Waals surface area contributed by atoms with E-state index in [1.165, 1.54) is 12.1 Å². The molecule has 0 saturated heterocycles. The summed E-state index contributed by atoms with van der Waals surface area (Å²) in [6.07, 6.45) is 1.73. The molecule has 0 radical (unpaired) electrons. The van der Waals surface area contributed by atoms with Crippen molar-refractivity contribution in [3.05, 3.63) is 60.2 Å². The van der Waals surface area contributed by atoms with Gasteiger partial charge in [0, 0.05) is 32.4 Å². The zero-order valence-electron chi connectivity index (χ0n) is 16.5. The van der Waals surface area contributed by atoms with Crippen LogP contribution in [-0.2, 0) is 19.4 Å². The fourth-order valence-electron chi connectivity index (χ4n) is 2.91. The predicted molar refractivity (Wildman–Crippen MR) is 111 cm³/mol. The quantitative estimate of drug-likeness (QED) is 0.671. The van der Waals surface area contributed by atoms with Gasteiger partial charge in [-0.3, -0.25) is 9.59 Å². The zero-order valence-corrected chi connectivity index (χ0v) is 17.3. The largest absolute Gasteiger partial charge is 0.378 e. The maximum Gasteiger partial charge on any atom is 0.309 e. The van der Waals surface area contributed by atoms with Crippen LogP contribution < -0.4 is 15.5 Å². The molecular weight excluding hydrogens is 390 g/mol. The van der Waals surface area contributed by atoms with Crippen LogP contribution in [0.2, 0.25) is 0 Å². The van der Waals surface area contributed by atoms with E-state index in [9.17, 15) is 18.0 Å². The van der Waals surface area contributed by atoms with Crippen molar-refractivity contribution in [1.82, 2.24) is 10.6 Å². The summed E-state index contributed by atoms with van der Waals surface area (Å²) in [6.45, 7) is -0.199. The first-order chi connectivity index (χ1) is 13.8. The van der Waals surface area contributed by atoms with Gasteiger partial charge in [-0.25, -0.2) is 8.42 Å². The Labute approximate surface area is 171 Å². The van der Waals surface area contributed by atoms with Crippen LogP contribution in [0.25, 0.3) is 0 Å². The lowest BCUT2D eigenvalue weighted by molar-refractivity contribution is -0.139. The number of amides is 2. The lowest BCUT2D eigenvalue weighted by Gasteiger charge is -2.20. The molecule has 2 aromatic carbocycles. The topological polar surface area (TPSA) is 95.6 Å². The molecule has 8 heteroatoms. The van der Waals surface area contributed by atoms with Gasteiger partial charge in [-0.15, -0.1) is 0 Å². The molecule has 2 amide bonds. The number of sulfone groups is 1. The predicted octanol–water partition coefficient (Wildman–Crippen LogP) is 1.66. The van der Waals surface area contributed by atoms with E-state index in [1.807, 2.05) is 31.1 Å². The molecule has 1 fully saturated rings. The molecular formula is C21H25N3O4S. The van der Waals surface area contributed by atoms with Gasteiger partial charge in [0.1, 0.15) is 5.25 Å². The van der Waals surface area contributed by atoms with E-state index in [2.05, 4.69) is 10.6 Å². The third kappa shape index (κ3) is 5.14. The molecule has 0 heterocycles. The summed E-state index contributed by atoms with van der Waals surface area (Å²) in [5.41, 5.74) is 1.47. The van der Waals surface area contributed by atoms with Crippen molar-refractivity contribution < 1.29 is 18.0 Å². The lowest BCUT2D eigenvalue weighted by atomic mass is 10.1. The molecule has 154 valence electrons. The molecule has 2 N–H and O–H groups in total. The normalized spacial score (nSPS) is 14.7. The number of hydrogen-bond acceptors (Lipinski definition) is 5. The van der Waals surface area contributed by atoms with Gasteiger partial charge in [0.25, 0.3) is 0 Å². The smallest absolute Gasteiger partial charge is 0.309 e. The van der Waals surface area contributed by atoms with Crippen LogP contribution in [0.15, 0.2) is 59.5 Å². The Morgan fingerprint density at radius 2 is 1.62 bits per heavy atom. The van der Waals surface area contributed by atoms with Crippen LogP contribution in [0.3, 0.4) is 0 Å². The Morgan fingerprint density at radius 3 is 2.17 bits per heavy atom. The first-order valence-electron chi connectivity index (χ1n) is 9.44. The molecule has 29 heavy (non-hydrogen) atoms. The number of nitrogens with one attached hydrogen (secondary N) is 2. The minimum absolute atomic E-state index is 0.0516. The van der Waals surface area contributed by atoms with Crippen LogP contribution in [-0.4, -0.2) is 46.9 Å². The average molecular weight is 416 g/mol. The van der Waals surface area contributed by atoms with Crippen molar-refractivity contribution in [2.24, 2.45) is 0 Å². The Morgan fingerprint density at radius 1 is 1.00 bits per heavy atom. The Bertz CT molecular complexity index is 969. The van der Waals surface area contributed by atoms with E-state index in [0.29, 0.717) is 5.56 Å². The number of benzene rings is 2. The summed E-state index contributed by atoms with van der Waals surface area (Å²) in [5.74, 6) is -1.55. The van der Waals surface area contributed by atoms with Crippen molar-refractivity contribution >= 4 is 27.3 Å². The molecule has 7 nitrogen and oxygen atoms in total. The van der Waals surface area contributed by atoms with Crippen LogP contribution in [0.4, 0.5) is 5.69 Å². The second-order valence-corrected chi connectivity index (χ2v) is 9.42. The van der Waals surface area contributed by atoms with Gasteiger partial charge in [0.05, 0.1) is 4.90 Å². The summed E-state index contributed by atoms with van der Waals surface area (Å²) in [7, 11) is 0.0102. The van der Waals surface area contributed by atoms with Crippen molar-refractivity contribution in [2.75, 3.05) is 25.5 Å². The van der Waals surface area contributed by atoms with Crippen molar-refractivity contribution in [1.29, 1.82) is 0 Å². The van der Waals surface area contributed by atoms with Crippen molar-refractivity contribution in [2.45, 2.75) is 29.0 Å². The number of carbonyl (C=O) groups excluding carboxylic acids is 2. The highest BCUT2D eigenvalue weighted by molar-refractivity contribution is 7.91. The Kier molecular flexibility index (Phi) is 6.22. The minimum Gasteiger partial charge on any atom is -0.378 e. The summed E-state index contributed by atoms with van der Waals surface area (Å²) in [6, 6.07) is 15.3. The van der Waals surface area contributed by atoms with Gasteiger partial charge in [0.15, 0.2) is 9.84 Å². The molecule has 0 unspecified atom stereocenters. The van der Waals surface area contributed by atoms with Crippen LogP contribution in [0, 0.1) is 0 Å². The monoisotopic (exact) mass is 415 g/mol. The fourth-order valence-corrected chi connectivity index (χ4v) is 4.60. The average Bonchev–Trinajstić information content (AvgIpc) is 3.52. The molecule has 2 aromatic rings. The minimum atomic E-state index is -3.78. The van der Waals surface area contributed by atoms with Gasteiger partial charge >= 0.3 is 11.8 Å². The van der Waals surface area contributed by atoms with Crippen LogP contribution in [0.5, 0.6) is 0 Å². The standard InChI is InChI=1S/C21H25N3O4S/c1-24(2)17-12-8-15(9-13-17)19(29(27,28)18-6-4-3-5-7-18)14-22-20(25)21(26)23-16-10-11-16/h3-9,12-13,16,19H,10-11,14H2,1-2H3,(H,22,25)(H,23,26)/t19-/m1/s1. The molecule has 1 saturated carbocycles. The first-order valence-corrected chi connectivity index (χ1v) is 11.0. The van der Waals surface area contributed by atoms with E-state index in [1.54, 1.807) is 30.3 Å². The SMILES string of the molecule is CN(C)c1ccc([C@@H](CNC(=O)C(=O)NC2CC2)S(=O)(=O)c2ccccc2)cc1. The van der Waals surface area contributed by atoms with Crippen molar-refractivity contribution in [3.8, 4) is 0 Å². The van der Waals surface area contributed by atoms with Gasteiger partial charge in [-0.05, 0) is 42.7 Å². The lowest BCUT2D eigenvalue weighted by Crippen LogP contribution is -2.43. The maximum atomic E-state index is 13.3. The summed E-state index contributed by atoms with van der Waals surface area (Å²) in [4.78, 5) is 26.1. The zero-order chi connectivity index (χ0) is 21.0. The summed E-state index contributed by atoms with van der Waals surface area (Å²) >= 11 is 0. The van der Waals surface area contributed by atoms with Crippen molar-refractivity contribution in [3.63, 3.8) is 0 Å². The number of carbonyl (C=O) groups is 2. The third-order valence-corrected chi connectivity index (χ3v) is 6.91. The fraction of sp³-hybridized carbons (Fsp3) is 0.333. The summed E-state index contributed by atoms with van der Waals surface area (Å²) in [5, 5.41) is 4.07. The summed E-state index contributed by atoms with van der Waals surface area (Å²) < 4.78 is 26.5. The van der Waals surface area contributed by atoms with E-state index in [0.717, 1.165) is 18.5 Å². The Balaban J connectivity index is 1.84. The highest BCUT2D eigenvalue weighted by Gasteiger charge is 2.31. The third-order valence-electron chi connectivity index (χ3n) is 4.79. The molecule has 1 aliphatic carbocycles. The molecule has 0 spiro atoms. The van der Waals surface area contributed by atoms with Gasteiger partial charge < -0.3 is 15.5 Å². The second-order valence-electron chi connectivity index (χ2n) is 7.29. The highest BCUT2D eigenvalue weighted by atomic mass is 32.2. The maximum absolute atomic E-state index is 13.3. The molecule has 0 aromatic heterocycles. The van der Waals surface area contributed by atoms with E-state index >= 15 is 0 Å². The van der Waals surface area contributed by atoms with Crippen LogP contribution in [0.1, 0.15) is 23.7 Å². The molecule has 3 rings (SSSR count). The van der Waals surface area contributed by atoms with E-state index < -0.39 is 26.9 Å². The number of nitrogens with zero attached hydrogens (tertiary/aromatic N) is 1. The van der Waals surface area contributed by atoms with Gasteiger partial charge in [-0.1, -0.05) is 30.3 Å². The van der Waals surface area contributed by atoms with Crippen LogP contribution >= 0.6 is 0 Å². The van der Waals surface area contributed by atoms with E-state index in [4.69, 9.17) is 0 Å². The number of hydrogen-bond donors (Lipinski definition) is 2. The molecule has 1 atom stereocenters. The number of rotatable bonds is 7. The molecule has 0 aliphatic heterocycles.